The zero-order chi connectivity index (χ0) is 9.35. The van der Waals surface area contributed by atoms with Crippen LogP contribution in [0.1, 0.15) is 27.2 Å². The normalized spacial score (nSPS) is 27.8. The second kappa shape index (κ2) is 3.36. The first-order chi connectivity index (χ1) is 5.43. The lowest BCUT2D eigenvalue weighted by molar-refractivity contribution is -0.145. The maximum Gasteiger partial charge on any atom is 0.309 e. The smallest absolute Gasteiger partial charge is 0.309 e. The Morgan fingerprint density at radius 1 is 1.75 bits per heavy atom. The first-order valence-electron chi connectivity index (χ1n) is 4.24. The van der Waals surface area contributed by atoms with E-state index in [9.17, 15) is 4.79 Å². The maximum atomic E-state index is 11.3. The lowest BCUT2D eigenvalue weighted by Gasteiger charge is -2.06. The molecule has 0 heterocycles. The van der Waals surface area contributed by atoms with E-state index < -0.39 is 0 Å². The standard InChI is InChI=1S/C9H15BrO2/c1-6(10)5-12-8(11)7-4-9(7,2)3/h6-7H,4-5H2,1-3H3. The lowest BCUT2D eigenvalue weighted by atomic mass is 10.1. The van der Waals surface area contributed by atoms with Crippen molar-refractivity contribution in [1.29, 1.82) is 0 Å². The third-order valence-electron chi connectivity index (χ3n) is 2.25. The second-order valence-electron chi connectivity index (χ2n) is 4.16. The van der Waals surface area contributed by atoms with Crippen LogP contribution in [-0.4, -0.2) is 17.4 Å². The predicted octanol–water partition coefficient (Wildman–Crippen LogP) is 2.36. The average molecular weight is 235 g/mol. The summed E-state index contributed by atoms with van der Waals surface area (Å²) in [5.41, 5.74) is 0.187. The number of hydrogen-bond donors (Lipinski definition) is 0. The zero-order valence-electron chi connectivity index (χ0n) is 7.76. The Morgan fingerprint density at radius 3 is 2.58 bits per heavy atom. The van der Waals surface area contributed by atoms with Crippen LogP contribution < -0.4 is 0 Å². The number of ether oxygens (including phenoxy) is 1. The van der Waals surface area contributed by atoms with Gasteiger partial charge in [-0.2, -0.15) is 0 Å². The molecule has 0 spiro atoms. The highest BCUT2D eigenvalue weighted by Gasteiger charge is 2.51. The van der Waals surface area contributed by atoms with Gasteiger partial charge in [0.15, 0.2) is 0 Å². The van der Waals surface area contributed by atoms with E-state index in [1.54, 1.807) is 0 Å². The number of carbonyl (C=O) groups is 1. The average Bonchev–Trinajstić information content (AvgIpc) is 2.55. The van der Waals surface area contributed by atoms with Gasteiger partial charge in [0.2, 0.25) is 0 Å². The van der Waals surface area contributed by atoms with Crippen molar-refractivity contribution in [3.8, 4) is 0 Å². The molecule has 0 saturated heterocycles. The largest absolute Gasteiger partial charge is 0.464 e. The van der Waals surface area contributed by atoms with Crippen LogP contribution in [0.15, 0.2) is 0 Å². The predicted molar refractivity (Wildman–Crippen MR) is 51.2 cm³/mol. The van der Waals surface area contributed by atoms with E-state index in [1.165, 1.54) is 0 Å². The van der Waals surface area contributed by atoms with Crippen molar-refractivity contribution in [2.75, 3.05) is 6.61 Å². The minimum absolute atomic E-state index is 0.0358. The number of esters is 1. The molecular weight excluding hydrogens is 220 g/mol. The second-order valence-corrected chi connectivity index (χ2v) is 5.72. The van der Waals surface area contributed by atoms with E-state index in [0.29, 0.717) is 6.61 Å². The van der Waals surface area contributed by atoms with Crippen LogP contribution in [0.5, 0.6) is 0 Å². The molecule has 2 unspecified atom stereocenters. The third kappa shape index (κ3) is 2.47. The Labute approximate surface area is 81.8 Å². The van der Waals surface area contributed by atoms with E-state index >= 15 is 0 Å². The van der Waals surface area contributed by atoms with Crippen LogP contribution in [-0.2, 0) is 9.53 Å². The first-order valence-corrected chi connectivity index (χ1v) is 5.16. The van der Waals surface area contributed by atoms with Crippen molar-refractivity contribution in [2.24, 2.45) is 11.3 Å². The molecule has 0 aromatic carbocycles. The van der Waals surface area contributed by atoms with Crippen molar-refractivity contribution >= 4 is 21.9 Å². The van der Waals surface area contributed by atoms with Gasteiger partial charge in [0.05, 0.1) is 5.92 Å². The lowest BCUT2D eigenvalue weighted by Crippen LogP contribution is -2.14. The molecule has 0 amide bonds. The molecule has 0 aliphatic heterocycles. The van der Waals surface area contributed by atoms with Crippen LogP contribution >= 0.6 is 15.9 Å². The number of halogens is 1. The van der Waals surface area contributed by atoms with Crippen LogP contribution in [0.4, 0.5) is 0 Å². The number of alkyl halides is 1. The van der Waals surface area contributed by atoms with Gasteiger partial charge in [-0.1, -0.05) is 29.8 Å². The molecule has 70 valence electrons. The number of hydrogen-bond acceptors (Lipinski definition) is 2. The highest BCUT2D eigenvalue weighted by Crippen LogP contribution is 2.52. The molecule has 12 heavy (non-hydrogen) atoms. The molecule has 0 aromatic heterocycles. The van der Waals surface area contributed by atoms with Gasteiger partial charge in [0, 0.05) is 4.83 Å². The van der Waals surface area contributed by atoms with Crippen LogP contribution in [0.25, 0.3) is 0 Å². The monoisotopic (exact) mass is 234 g/mol. The topological polar surface area (TPSA) is 26.3 Å². The van der Waals surface area contributed by atoms with Crippen molar-refractivity contribution in [3.63, 3.8) is 0 Å². The molecule has 1 rings (SSSR count). The third-order valence-corrected chi connectivity index (χ3v) is 2.52. The molecule has 1 aliphatic rings. The molecule has 1 saturated carbocycles. The van der Waals surface area contributed by atoms with Gasteiger partial charge < -0.3 is 4.74 Å². The molecule has 3 heteroatoms. The van der Waals surface area contributed by atoms with Gasteiger partial charge >= 0.3 is 5.97 Å². The van der Waals surface area contributed by atoms with Crippen molar-refractivity contribution < 1.29 is 9.53 Å². The summed E-state index contributed by atoms with van der Waals surface area (Å²) in [5.74, 6) is 0.107. The molecule has 0 radical (unpaired) electrons. The summed E-state index contributed by atoms with van der Waals surface area (Å²) in [5, 5.41) is 0. The molecule has 2 atom stereocenters. The highest BCUT2D eigenvalue weighted by atomic mass is 79.9. The minimum atomic E-state index is -0.0358. The fourth-order valence-corrected chi connectivity index (χ4v) is 1.30. The van der Waals surface area contributed by atoms with Crippen LogP contribution in [0.2, 0.25) is 0 Å². The highest BCUT2D eigenvalue weighted by molar-refractivity contribution is 9.09. The van der Waals surface area contributed by atoms with Gasteiger partial charge in [-0.25, -0.2) is 0 Å². The molecular formula is C9H15BrO2. The van der Waals surface area contributed by atoms with Crippen molar-refractivity contribution in [2.45, 2.75) is 32.0 Å². The first kappa shape index (κ1) is 10.0. The van der Waals surface area contributed by atoms with E-state index in [-0.39, 0.29) is 22.1 Å². The van der Waals surface area contributed by atoms with Crippen LogP contribution in [0.3, 0.4) is 0 Å². The molecule has 0 N–H and O–H groups in total. The van der Waals surface area contributed by atoms with E-state index in [0.717, 1.165) is 6.42 Å². The Hall–Kier alpha value is -0.0500. The Bertz CT molecular complexity index is 187. The molecule has 1 fully saturated rings. The van der Waals surface area contributed by atoms with Gasteiger partial charge in [0.25, 0.3) is 0 Å². The Kier molecular flexibility index (Phi) is 2.81. The summed E-state index contributed by atoms with van der Waals surface area (Å²) in [7, 11) is 0. The molecule has 2 nitrogen and oxygen atoms in total. The van der Waals surface area contributed by atoms with Gasteiger partial charge in [-0.15, -0.1) is 0 Å². The SMILES string of the molecule is CC(Br)COC(=O)C1CC1(C)C. The summed E-state index contributed by atoms with van der Waals surface area (Å²) in [6.45, 7) is 6.63. The van der Waals surface area contributed by atoms with E-state index in [2.05, 4.69) is 29.8 Å². The van der Waals surface area contributed by atoms with Crippen LogP contribution in [0, 0.1) is 11.3 Å². The summed E-state index contributed by atoms with van der Waals surface area (Å²) in [6.07, 6.45) is 0.975. The Balaban J connectivity index is 2.23. The Morgan fingerprint density at radius 2 is 2.25 bits per heavy atom. The number of rotatable bonds is 3. The van der Waals surface area contributed by atoms with Crippen molar-refractivity contribution in [1.82, 2.24) is 0 Å². The summed E-state index contributed by atoms with van der Waals surface area (Å²) in [6, 6.07) is 0. The fourth-order valence-electron chi connectivity index (χ4n) is 1.17. The summed E-state index contributed by atoms with van der Waals surface area (Å²) in [4.78, 5) is 11.5. The maximum absolute atomic E-state index is 11.3. The van der Waals surface area contributed by atoms with E-state index in [1.807, 2.05) is 6.92 Å². The van der Waals surface area contributed by atoms with Gasteiger partial charge in [0.1, 0.15) is 6.61 Å². The molecule has 0 bridgehead atoms. The number of carbonyl (C=O) groups excluding carboxylic acids is 1. The van der Waals surface area contributed by atoms with Gasteiger partial charge in [-0.3, -0.25) is 4.79 Å². The van der Waals surface area contributed by atoms with E-state index in [4.69, 9.17) is 4.74 Å². The quantitative estimate of drug-likeness (QED) is 0.554. The minimum Gasteiger partial charge on any atom is -0.464 e. The summed E-state index contributed by atoms with van der Waals surface area (Å²) >= 11 is 3.32. The fraction of sp³-hybridized carbons (Fsp3) is 0.889. The van der Waals surface area contributed by atoms with Gasteiger partial charge in [-0.05, 0) is 18.8 Å². The zero-order valence-corrected chi connectivity index (χ0v) is 9.35. The molecule has 1 aliphatic carbocycles. The summed E-state index contributed by atoms with van der Waals surface area (Å²) < 4.78 is 5.08. The van der Waals surface area contributed by atoms with Crippen molar-refractivity contribution in [3.05, 3.63) is 0 Å². The molecule has 0 aromatic rings.